The molecule has 0 spiro atoms. The maximum atomic E-state index is 10.5. The second-order valence-corrected chi connectivity index (χ2v) is 3.83. The number of aliphatic hydroxyl groups is 1. The molecule has 1 aromatic rings. The Morgan fingerprint density at radius 3 is 2.71 bits per heavy atom. The van der Waals surface area contributed by atoms with Crippen molar-refractivity contribution in [3.8, 4) is 11.5 Å². The van der Waals surface area contributed by atoms with Crippen LogP contribution in [0.15, 0.2) is 18.2 Å². The Labute approximate surface area is 126 Å². The predicted molar refractivity (Wildman–Crippen MR) is 54.1 cm³/mol. The fraction of sp³-hybridized carbons (Fsp3) is 0.333. The topological polar surface area (TPSA) is 95.9 Å². The molecule has 1 N–H and O–H groups in total. The molecule has 0 bridgehead atoms. The molecule has 0 saturated heterocycles. The first kappa shape index (κ1) is 11.8. The van der Waals surface area contributed by atoms with E-state index in [1.54, 1.807) is 0 Å². The second-order valence-electron chi connectivity index (χ2n) is 2.85. The molecule has 0 aliphatic rings. The van der Waals surface area contributed by atoms with Crippen LogP contribution < -0.4 is 38.5 Å². The maximum absolute atomic E-state index is 10.5. The molecule has 1 aromatic carbocycles. The summed E-state index contributed by atoms with van der Waals surface area (Å²) >= 11 is 0. The van der Waals surface area contributed by atoms with E-state index in [-0.39, 0.29) is 42.6 Å². The van der Waals surface area contributed by atoms with Crippen LogP contribution in [-0.2, 0) is 16.8 Å². The standard InChI is InChI=1S/C9H12O6S.Na/c1-14-9-6-7(4-5-10)2-3-8(9)15-16(11,12)13;/h2-3,6,10H,4-5H2,1H3,(H,11,12,13);/q;+1/p-1/i1D3;. The third-order valence-electron chi connectivity index (χ3n) is 1.71. The molecule has 90 valence electrons. The van der Waals surface area contributed by atoms with Gasteiger partial charge in [0.15, 0.2) is 11.5 Å². The van der Waals surface area contributed by atoms with Gasteiger partial charge < -0.3 is 18.6 Å². The number of ether oxygens (including phenoxy) is 1. The minimum Gasteiger partial charge on any atom is -0.716 e. The van der Waals surface area contributed by atoms with Crippen LogP contribution in [0, 0.1) is 0 Å². The van der Waals surface area contributed by atoms with Crippen molar-refractivity contribution in [3.05, 3.63) is 23.8 Å². The zero-order valence-corrected chi connectivity index (χ0v) is 11.9. The van der Waals surface area contributed by atoms with Crippen molar-refractivity contribution in [3.63, 3.8) is 0 Å². The third kappa shape index (κ3) is 5.71. The smallest absolute Gasteiger partial charge is 0.716 e. The van der Waals surface area contributed by atoms with Gasteiger partial charge in [-0.1, -0.05) is 6.07 Å². The van der Waals surface area contributed by atoms with Crippen molar-refractivity contribution in [2.75, 3.05) is 13.6 Å². The summed E-state index contributed by atoms with van der Waals surface area (Å²) in [6.45, 7) is -0.187. The summed E-state index contributed by atoms with van der Waals surface area (Å²) in [6, 6.07) is 3.65. The van der Waals surface area contributed by atoms with E-state index >= 15 is 0 Å². The van der Waals surface area contributed by atoms with Gasteiger partial charge in [0.25, 0.3) is 10.4 Å². The molecule has 0 heterocycles. The quantitative estimate of drug-likeness (QED) is 0.350. The first-order chi connectivity index (χ1) is 8.61. The zero-order chi connectivity index (χ0) is 14.7. The molecular weight excluding hydrogens is 259 g/mol. The van der Waals surface area contributed by atoms with Crippen molar-refractivity contribution in [2.24, 2.45) is 0 Å². The average Bonchev–Trinajstić information content (AvgIpc) is 2.18. The number of methoxy groups -OCH3 is 1. The summed E-state index contributed by atoms with van der Waals surface area (Å²) < 4.78 is 61.0. The Morgan fingerprint density at radius 2 is 2.18 bits per heavy atom. The number of benzene rings is 1. The Kier molecular flexibility index (Phi) is 4.98. The van der Waals surface area contributed by atoms with E-state index in [0.29, 0.717) is 5.56 Å². The molecule has 0 fully saturated rings. The number of hydrogen-bond donors (Lipinski definition) is 1. The Hall–Kier alpha value is -0.310. The van der Waals surface area contributed by atoms with Gasteiger partial charge in [-0.15, -0.1) is 0 Å². The van der Waals surface area contributed by atoms with Crippen LogP contribution in [0.1, 0.15) is 9.68 Å². The van der Waals surface area contributed by atoms with Gasteiger partial charge >= 0.3 is 29.6 Å². The summed E-state index contributed by atoms with van der Waals surface area (Å²) in [7, 11) is -7.87. The van der Waals surface area contributed by atoms with Crippen LogP contribution in [-0.4, -0.2) is 31.7 Å². The summed E-state index contributed by atoms with van der Waals surface area (Å²) in [5, 5.41) is 8.77. The number of hydrogen-bond acceptors (Lipinski definition) is 6. The van der Waals surface area contributed by atoms with Crippen LogP contribution in [0.5, 0.6) is 11.5 Å². The number of rotatable bonds is 5. The Bertz CT molecular complexity index is 545. The van der Waals surface area contributed by atoms with Gasteiger partial charge in [-0.25, -0.2) is 8.42 Å². The normalized spacial score (nSPS) is 13.9. The van der Waals surface area contributed by atoms with E-state index in [9.17, 15) is 13.0 Å². The van der Waals surface area contributed by atoms with Crippen molar-refractivity contribution < 1.29 is 60.7 Å². The van der Waals surface area contributed by atoms with E-state index in [1.807, 2.05) is 0 Å². The van der Waals surface area contributed by atoms with Crippen LogP contribution in [0.3, 0.4) is 0 Å². The molecule has 0 saturated carbocycles. The third-order valence-corrected chi connectivity index (χ3v) is 2.09. The second kappa shape index (κ2) is 7.20. The molecule has 1 rings (SSSR count). The molecule has 8 heteroatoms. The van der Waals surface area contributed by atoms with Crippen molar-refractivity contribution in [1.29, 1.82) is 0 Å². The minimum absolute atomic E-state index is 0. The van der Waals surface area contributed by atoms with Crippen LogP contribution in [0.4, 0.5) is 0 Å². The average molecular weight is 273 g/mol. The van der Waals surface area contributed by atoms with Gasteiger partial charge in [0.1, 0.15) is 0 Å². The molecule has 17 heavy (non-hydrogen) atoms. The van der Waals surface area contributed by atoms with Crippen molar-refractivity contribution in [1.82, 2.24) is 0 Å². The zero-order valence-electron chi connectivity index (χ0n) is 12.0. The van der Waals surface area contributed by atoms with Gasteiger partial charge in [-0.3, -0.25) is 0 Å². The first-order valence-electron chi connectivity index (χ1n) is 5.69. The molecule has 0 aromatic heterocycles. The Balaban J connectivity index is 0.00000361. The monoisotopic (exact) mass is 273 g/mol. The van der Waals surface area contributed by atoms with E-state index < -0.39 is 28.9 Å². The van der Waals surface area contributed by atoms with Crippen LogP contribution in [0.2, 0.25) is 0 Å². The summed E-state index contributed by atoms with van der Waals surface area (Å²) in [6.07, 6.45) is 0.210. The molecular formula is C9H11NaO6S. The van der Waals surface area contributed by atoms with Gasteiger partial charge in [-0.2, -0.15) is 0 Å². The van der Waals surface area contributed by atoms with Gasteiger partial charge in [0, 0.05) is 6.61 Å². The molecule has 0 aliphatic carbocycles. The van der Waals surface area contributed by atoms with Gasteiger partial charge in [0.2, 0.25) is 0 Å². The van der Waals surface area contributed by atoms with E-state index in [0.717, 1.165) is 6.07 Å². The first-order valence-corrected chi connectivity index (χ1v) is 5.52. The summed E-state index contributed by atoms with van der Waals surface area (Å²) in [4.78, 5) is 0. The molecule has 0 unspecified atom stereocenters. The van der Waals surface area contributed by atoms with E-state index in [1.165, 1.54) is 12.1 Å². The molecule has 0 aliphatic heterocycles. The summed E-state index contributed by atoms with van der Waals surface area (Å²) in [5.74, 6) is -0.932. The van der Waals surface area contributed by atoms with Gasteiger partial charge in [-0.05, 0) is 24.1 Å². The van der Waals surface area contributed by atoms with Crippen LogP contribution in [0.25, 0.3) is 0 Å². The number of aliphatic hydroxyl groups excluding tert-OH is 1. The molecule has 0 amide bonds. The molecule has 6 nitrogen and oxygen atoms in total. The van der Waals surface area contributed by atoms with Crippen molar-refractivity contribution in [2.45, 2.75) is 6.42 Å². The summed E-state index contributed by atoms with van der Waals surface area (Å²) in [5.41, 5.74) is 0.498. The predicted octanol–water partition coefficient (Wildman–Crippen LogP) is -2.93. The SMILES string of the molecule is [2H]C([2H])([2H])Oc1cc(CCO)ccc1OS(=O)(=O)[O-].[Na+]. The van der Waals surface area contributed by atoms with Crippen molar-refractivity contribution >= 4 is 10.4 Å². The fourth-order valence-corrected chi connectivity index (χ4v) is 1.45. The Morgan fingerprint density at radius 1 is 1.47 bits per heavy atom. The fourth-order valence-electron chi connectivity index (χ4n) is 1.10. The molecule has 0 radical (unpaired) electrons. The van der Waals surface area contributed by atoms with E-state index in [4.69, 9.17) is 9.22 Å². The maximum Gasteiger partial charge on any atom is 1.00 e. The minimum atomic E-state index is -5.04. The van der Waals surface area contributed by atoms with Gasteiger partial charge in [0.05, 0.1) is 11.2 Å². The van der Waals surface area contributed by atoms with E-state index in [2.05, 4.69) is 8.92 Å². The molecule has 0 atom stereocenters. The largest absolute Gasteiger partial charge is 1.00 e. The van der Waals surface area contributed by atoms with Crippen LogP contribution >= 0.6 is 0 Å².